The molecule has 0 fully saturated rings. The van der Waals surface area contributed by atoms with Gasteiger partial charge in [-0.2, -0.15) is 0 Å². The predicted octanol–water partition coefficient (Wildman–Crippen LogP) is 3.07. The molecule has 128 valence electrons. The molecule has 0 saturated heterocycles. The van der Waals surface area contributed by atoms with Crippen LogP contribution in [-0.4, -0.2) is 26.3 Å². The molecule has 0 spiro atoms. The lowest BCUT2D eigenvalue weighted by Crippen LogP contribution is -2.30. The SMILES string of the molecule is C[C@H](Sc1nnc(-c2ccncc2)o1)C(=O)NCc1ccc(F)cc1. The smallest absolute Gasteiger partial charge is 0.277 e. The zero-order valence-corrected chi connectivity index (χ0v) is 14.2. The molecule has 0 bridgehead atoms. The maximum absolute atomic E-state index is 12.9. The molecule has 0 saturated carbocycles. The third-order valence-corrected chi connectivity index (χ3v) is 4.29. The Morgan fingerprint density at radius 1 is 1.20 bits per heavy atom. The highest BCUT2D eigenvalue weighted by molar-refractivity contribution is 8.00. The fourth-order valence-electron chi connectivity index (χ4n) is 2.01. The van der Waals surface area contributed by atoms with Crippen molar-refractivity contribution in [2.45, 2.75) is 23.9 Å². The van der Waals surface area contributed by atoms with Crippen molar-refractivity contribution in [2.75, 3.05) is 0 Å². The van der Waals surface area contributed by atoms with Gasteiger partial charge in [-0.05, 0) is 36.8 Å². The van der Waals surface area contributed by atoms with Crippen LogP contribution >= 0.6 is 11.8 Å². The van der Waals surface area contributed by atoms with Crippen molar-refractivity contribution >= 4 is 17.7 Å². The lowest BCUT2D eigenvalue weighted by Gasteiger charge is -2.09. The van der Waals surface area contributed by atoms with Crippen LogP contribution in [0.4, 0.5) is 4.39 Å². The first-order chi connectivity index (χ1) is 12.1. The molecular formula is C17H15FN4O2S. The van der Waals surface area contributed by atoms with Gasteiger partial charge < -0.3 is 9.73 Å². The summed E-state index contributed by atoms with van der Waals surface area (Å²) in [6, 6.07) is 9.51. The molecule has 0 aliphatic carbocycles. The van der Waals surface area contributed by atoms with E-state index in [0.29, 0.717) is 17.7 Å². The average molecular weight is 358 g/mol. The van der Waals surface area contributed by atoms with Gasteiger partial charge in [0.05, 0.1) is 5.25 Å². The molecule has 0 radical (unpaired) electrons. The average Bonchev–Trinajstić information content (AvgIpc) is 3.10. The highest BCUT2D eigenvalue weighted by Crippen LogP contribution is 2.25. The summed E-state index contributed by atoms with van der Waals surface area (Å²) in [6.45, 7) is 2.08. The van der Waals surface area contributed by atoms with Crippen molar-refractivity contribution in [1.29, 1.82) is 0 Å². The molecule has 8 heteroatoms. The number of halogens is 1. The maximum Gasteiger partial charge on any atom is 0.277 e. The van der Waals surface area contributed by atoms with Crippen LogP contribution < -0.4 is 5.32 Å². The Balaban J connectivity index is 1.54. The first-order valence-corrected chi connectivity index (χ1v) is 8.42. The molecule has 1 aromatic carbocycles. The first-order valence-electron chi connectivity index (χ1n) is 7.54. The predicted molar refractivity (Wildman–Crippen MR) is 91.1 cm³/mol. The van der Waals surface area contributed by atoms with Crippen LogP contribution in [0.2, 0.25) is 0 Å². The van der Waals surface area contributed by atoms with Crippen molar-refractivity contribution in [3.63, 3.8) is 0 Å². The van der Waals surface area contributed by atoms with Crippen molar-refractivity contribution in [1.82, 2.24) is 20.5 Å². The van der Waals surface area contributed by atoms with Gasteiger partial charge in [0.15, 0.2) is 0 Å². The Bertz CT molecular complexity index is 839. The minimum atomic E-state index is -0.411. The van der Waals surface area contributed by atoms with Gasteiger partial charge in [-0.3, -0.25) is 9.78 Å². The minimum absolute atomic E-state index is 0.169. The second kappa shape index (κ2) is 7.89. The van der Waals surface area contributed by atoms with E-state index in [2.05, 4.69) is 20.5 Å². The van der Waals surface area contributed by atoms with Crippen LogP contribution in [0.1, 0.15) is 12.5 Å². The summed E-state index contributed by atoms with van der Waals surface area (Å²) in [5.41, 5.74) is 1.59. The quantitative estimate of drug-likeness (QED) is 0.682. The van der Waals surface area contributed by atoms with E-state index in [4.69, 9.17) is 4.42 Å². The Hall–Kier alpha value is -2.74. The van der Waals surface area contributed by atoms with Crippen molar-refractivity contribution in [3.8, 4) is 11.5 Å². The summed E-state index contributed by atoms with van der Waals surface area (Å²) < 4.78 is 18.4. The van der Waals surface area contributed by atoms with Crippen LogP contribution in [0, 0.1) is 5.82 Å². The first kappa shape index (κ1) is 17.1. The highest BCUT2D eigenvalue weighted by atomic mass is 32.2. The van der Waals surface area contributed by atoms with Gasteiger partial charge >= 0.3 is 0 Å². The van der Waals surface area contributed by atoms with E-state index >= 15 is 0 Å². The Kier molecular flexibility index (Phi) is 5.39. The number of thioether (sulfide) groups is 1. The molecule has 0 aliphatic heterocycles. The van der Waals surface area contributed by atoms with Gasteiger partial charge in [-0.25, -0.2) is 4.39 Å². The number of carbonyl (C=O) groups excluding carboxylic acids is 1. The van der Waals surface area contributed by atoms with Gasteiger partial charge in [0.25, 0.3) is 5.22 Å². The number of hydrogen-bond donors (Lipinski definition) is 1. The lowest BCUT2D eigenvalue weighted by molar-refractivity contribution is -0.120. The fraction of sp³-hybridized carbons (Fsp3) is 0.176. The molecule has 3 rings (SSSR count). The third kappa shape index (κ3) is 4.63. The van der Waals surface area contributed by atoms with E-state index in [9.17, 15) is 9.18 Å². The molecule has 2 aromatic heterocycles. The van der Waals surface area contributed by atoms with Crippen LogP contribution in [0.15, 0.2) is 58.4 Å². The van der Waals surface area contributed by atoms with Crippen LogP contribution in [0.3, 0.4) is 0 Å². The van der Waals surface area contributed by atoms with Gasteiger partial charge in [-0.15, -0.1) is 10.2 Å². The Morgan fingerprint density at radius 3 is 2.64 bits per heavy atom. The van der Waals surface area contributed by atoms with Gasteiger partial charge in [0.2, 0.25) is 11.8 Å². The molecule has 1 amide bonds. The fourth-order valence-corrected chi connectivity index (χ4v) is 2.72. The summed E-state index contributed by atoms with van der Waals surface area (Å²) in [7, 11) is 0. The van der Waals surface area contributed by atoms with Gasteiger partial charge in [0, 0.05) is 24.5 Å². The van der Waals surface area contributed by atoms with Crippen LogP contribution in [0.5, 0.6) is 0 Å². The van der Waals surface area contributed by atoms with Crippen LogP contribution in [-0.2, 0) is 11.3 Å². The standard InChI is InChI=1S/C17H15FN4O2S/c1-11(15(23)20-10-12-2-4-14(18)5-3-12)25-17-22-21-16(24-17)13-6-8-19-9-7-13/h2-9,11H,10H2,1H3,(H,20,23)/t11-/m0/s1. The molecule has 1 atom stereocenters. The number of hydrogen-bond acceptors (Lipinski definition) is 6. The second-order valence-corrected chi connectivity index (χ2v) is 6.51. The summed E-state index contributed by atoms with van der Waals surface area (Å²) in [4.78, 5) is 16.1. The van der Waals surface area contributed by atoms with Gasteiger partial charge in [0.1, 0.15) is 5.82 Å². The molecule has 6 nitrogen and oxygen atoms in total. The lowest BCUT2D eigenvalue weighted by atomic mass is 10.2. The monoisotopic (exact) mass is 358 g/mol. The zero-order chi connectivity index (χ0) is 17.6. The zero-order valence-electron chi connectivity index (χ0n) is 13.3. The van der Waals surface area contributed by atoms with E-state index in [0.717, 1.165) is 11.1 Å². The summed E-state index contributed by atoms with van der Waals surface area (Å²) in [5, 5.41) is 10.6. The second-order valence-electron chi connectivity index (χ2n) is 5.21. The van der Waals surface area contributed by atoms with Crippen molar-refractivity contribution in [3.05, 3.63) is 60.2 Å². The maximum atomic E-state index is 12.9. The molecule has 1 N–H and O–H groups in total. The number of nitrogens with zero attached hydrogens (tertiary/aromatic N) is 3. The summed E-state index contributed by atoms with van der Waals surface area (Å²) >= 11 is 1.18. The van der Waals surface area contributed by atoms with Crippen molar-refractivity contribution in [2.24, 2.45) is 0 Å². The van der Waals surface area contributed by atoms with Crippen molar-refractivity contribution < 1.29 is 13.6 Å². The number of amides is 1. The topological polar surface area (TPSA) is 80.9 Å². The molecule has 2 heterocycles. The third-order valence-electron chi connectivity index (χ3n) is 3.36. The Morgan fingerprint density at radius 2 is 1.92 bits per heavy atom. The van der Waals surface area contributed by atoms with Gasteiger partial charge in [-0.1, -0.05) is 23.9 Å². The van der Waals surface area contributed by atoms with E-state index in [1.54, 1.807) is 43.6 Å². The number of rotatable bonds is 6. The molecule has 25 heavy (non-hydrogen) atoms. The highest BCUT2D eigenvalue weighted by Gasteiger charge is 2.18. The van der Waals surface area contributed by atoms with E-state index < -0.39 is 5.25 Å². The van der Waals surface area contributed by atoms with E-state index in [1.165, 1.54) is 23.9 Å². The van der Waals surface area contributed by atoms with E-state index in [1.807, 2.05) is 0 Å². The minimum Gasteiger partial charge on any atom is -0.411 e. The summed E-state index contributed by atoms with van der Waals surface area (Å²) in [6.07, 6.45) is 3.27. The molecule has 0 unspecified atom stereocenters. The van der Waals surface area contributed by atoms with Crippen LogP contribution in [0.25, 0.3) is 11.5 Å². The number of pyridine rings is 1. The largest absolute Gasteiger partial charge is 0.411 e. The number of aromatic nitrogens is 3. The molecule has 3 aromatic rings. The Labute approximate surface area is 147 Å². The molecular weight excluding hydrogens is 343 g/mol. The normalized spacial score (nSPS) is 11.9. The summed E-state index contributed by atoms with van der Waals surface area (Å²) in [5.74, 6) is -0.0952. The molecule has 0 aliphatic rings. The number of carbonyl (C=O) groups is 1. The number of benzene rings is 1. The van der Waals surface area contributed by atoms with E-state index in [-0.39, 0.29) is 11.7 Å². The number of nitrogens with one attached hydrogen (secondary N) is 1.